The van der Waals surface area contributed by atoms with Crippen LogP contribution >= 0.6 is 0 Å². The van der Waals surface area contributed by atoms with E-state index in [9.17, 15) is 4.79 Å². The van der Waals surface area contributed by atoms with Gasteiger partial charge in [0.05, 0.1) is 12.5 Å². The molecule has 0 amide bonds. The molecular weight excluding hydrogens is 170 g/mol. The fourth-order valence-corrected chi connectivity index (χ4v) is 1.95. The summed E-state index contributed by atoms with van der Waals surface area (Å²) in [6.07, 6.45) is 3.27. The first kappa shape index (κ1) is 8.53. The van der Waals surface area contributed by atoms with Crippen molar-refractivity contribution >= 4 is 11.7 Å². The van der Waals surface area contributed by atoms with E-state index in [0.717, 1.165) is 19.3 Å². The molecule has 72 valence electrons. The number of carbonyl (C=O) groups is 1. The van der Waals surface area contributed by atoms with Crippen molar-refractivity contribution in [3.63, 3.8) is 0 Å². The van der Waals surface area contributed by atoms with Crippen LogP contribution in [0.25, 0.3) is 0 Å². The fourth-order valence-electron chi connectivity index (χ4n) is 1.95. The molecule has 0 radical (unpaired) electrons. The summed E-state index contributed by atoms with van der Waals surface area (Å²) in [5.74, 6) is -0.115. The van der Waals surface area contributed by atoms with Crippen molar-refractivity contribution in [3.05, 3.63) is 0 Å². The summed E-state index contributed by atoms with van der Waals surface area (Å²) in [6.45, 7) is 2.19. The van der Waals surface area contributed by atoms with Crippen LogP contribution in [0.5, 0.6) is 0 Å². The normalized spacial score (nSPS) is 30.7. The first-order valence-corrected chi connectivity index (χ1v) is 4.73. The minimum Gasteiger partial charge on any atom is -0.461 e. The Morgan fingerprint density at radius 3 is 3.31 bits per heavy atom. The number of ether oxygens (including phenoxy) is 1. The minimum absolute atomic E-state index is 0.138. The first-order chi connectivity index (χ1) is 6.33. The number of oxime groups is 1. The molecule has 0 bridgehead atoms. The monoisotopic (exact) mass is 183 g/mol. The Morgan fingerprint density at radius 2 is 2.54 bits per heavy atom. The third-order valence-corrected chi connectivity index (χ3v) is 2.57. The Bertz CT molecular complexity index is 249. The van der Waals surface area contributed by atoms with Gasteiger partial charge in [-0.1, -0.05) is 5.16 Å². The predicted molar refractivity (Wildman–Crippen MR) is 46.3 cm³/mol. The number of rotatable bonds is 2. The lowest BCUT2D eigenvalue weighted by molar-refractivity contribution is -0.135. The van der Waals surface area contributed by atoms with Crippen molar-refractivity contribution in [2.24, 2.45) is 11.1 Å². The molecular formula is C9H13NO3. The van der Waals surface area contributed by atoms with Crippen molar-refractivity contribution in [1.82, 2.24) is 0 Å². The van der Waals surface area contributed by atoms with Gasteiger partial charge in [0.25, 0.3) is 0 Å². The molecule has 2 rings (SSSR count). The van der Waals surface area contributed by atoms with Crippen molar-refractivity contribution in [1.29, 1.82) is 0 Å². The zero-order chi connectivity index (χ0) is 9.26. The van der Waals surface area contributed by atoms with Gasteiger partial charge in [-0.25, -0.2) is 4.79 Å². The van der Waals surface area contributed by atoms with Crippen LogP contribution in [0, 0.1) is 5.92 Å². The quantitative estimate of drug-likeness (QED) is 0.602. The summed E-state index contributed by atoms with van der Waals surface area (Å²) in [5, 5.41) is 3.78. The Labute approximate surface area is 76.9 Å². The Balaban J connectivity index is 2.03. The lowest BCUT2D eigenvalue weighted by atomic mass is 10.0. The predicted octanol–water partition coefficient (Wildman–Crippen LogP) is 1.10. The molecule has 1 saturated carbocycles. The molecule has 1 aliphatic carbocycles. The van der Waals surface area contributed by atoms with E-state index in [-0.39, 0.29) is 18.0 Å². The summed E-state index contributed by atoms with van der Waals surface area (Å²) < 4.78 is 4.88. The van der Waals surface area contributed by atoms with Gasteiger partial charge in [-0.15, -0.1) is 0 Å². The van der Waals surface area contributed by atoms with Crippen LogP contribution < -0.4 is 0 Å². The number of fused-ring (bicyclic) bond motifs is 1. The highest BCUT2D eigenvalue weighted by Crippen LogP contribution is 2.34. The van der Waals surface area contributed by atoms with E-state index >= 15 is 0 Å². The van der Waals surface area contributed by atoms with Crippen LogP contribution in [0.1, 0.15) is 26.2 Å². The van der Waals surface area contributed by atoms with Gasteiger partial charge < -0.3 is 9.57 Å². The van der Waals surface area contributed by atoms with Crippen LogP contribution in [0.15, 0.2) is 5.16 Å². The van der Waals surface area contributed by atoms with E-state index in [1.165, 1.54) is 0 Å². The smallest absolute Gasteiger partial charge is 0.356 e. The third-order valence-electron chi connectivity index (χ3n) is 2.57. The third kappa shape index (κ3) is 1.41. The second kappa shape index (κ2) is 3.36. The summed E-state index contributed by atoms with van der Waals surface area (Å²) in [7, 11) is 0. The molecule has 0 aromatic rings. The summed E-state index contributed by atoms with van der Waals surface area (Å²) in [5.41, 5.74) is 0.490. The average molecular weight is 183 g/mol. The van der Waals surface area contributed by atoms with Gasteiger partial charge in [-0.05, 0) is 26.2 Å². The molecule has 0 unspecified atom stereocenters. The molecule has 0 spiro atoms. The molecule has 0 saturated heterocycles. The summed E-state index contributed by atoms with van der Waals surface area (Å²) in [4.78, 5) is 16.5. The van der Waals surface area contributed by atoms with Gasteiger partial charge in [0.2, 0.25) is 0 Å². The zero-order valence-electron chi connectivity index (χ0n) is 7.66. The molecule has 1 fully saturated rings. The SMILES string of the molecule is CCOC(=O)C1=NO[C@@H]2CCC[C@H]12. The van der Waals surface area contributed by atoms with Crippen LogP contribution in [-0.4, -0.2) is 24.4 Å². The molecule has 2 atom stereocenters. The maximum absolute atomic E-state index is 11.4. The maximum Gasteiger partial charge on any atom is 0.356 e. The van der Waals surface area contributed by atoms with Crippen LogP contribution in [0.4, 0.5) is 0 Å². The highest BCUT2D eigenvalue weighted by molar-refractivity contribution is 6.37. The highest BCUT2D eigenvalue weighted by Gasteiger charge is 2.41. The van der Waals surface area contributed by atoms with Gasteiger partial charge in [-0.2, -0.15) is 0 Å². The van der Waals surface area contributed by atoms with Crippen molar-refractivity contribution < 1.29 is 14.4 Å². The second-order valence-electron chi connectivity index (χ2n) is 3.38. The van der Waals surface area contributed by atoms with Crippen LogP contribution in [0.2, 0.25) is 0 Å². The highest BCUT2D eigenvalue weighted by atomic mass is 16.6. The average Bonchev–Trinajstić information content (AvgIpc) is 2.62. The molecule has 13 heavy (non-hydrogen) atoms. The number of nitrogens with zero attached hydrogens (tertiary/aromatic N) is 1. The number of hydrogen-bond acceptors (Lipinski definition) is 4. The lowest BCUT2D eigenvalue weighted by Gasteiger charge is -2.07. The van der Waals surface area contributed by atoms with Gasteiger partial charge in [0.1, 0.15) is 6.10 Å². The molecule has 1 heterocycles. The standard InChI is InChI=1S/C9H13NO3/c1-2-12-9(11)8-6-4-3-5-7(6)13-10-8/h6-7H,2-5H2,1H3/t6-,7+/m0/s1. The van der Waals surface area contributed by atoms with Gasteiger partial charge in [-0.3, -0.25) is 0 Å². The molecule has 0 aromatic carbocycles. The van der Waals surface area contributed by atoms with E-state index in [1.807, 2.05) is 0 Å². The number of esters is 1. The van der Waals surface area contributed by atoms with Crippen molar-refractivity contribution in [3.8, 4) is 0 Å². The summed E-state index contributed by atoms with van der Waals surface area (Å²) >= 11 is 0. The largest absolute Gasteiger partial charge is 0.461 e. The maximum atomic E-state index is 11.4. The number of hydrogen-bond donors (Lipinski definition) is 0. The molecule has 2 aliphatic rings. The fraction of sp³-hybridized carbons (Fsp3) is 0.778. The molecule has 0 aromatic heterocycles. The van der Waals surface area contributed by atoms with E-state index < -0.39 is 0 Å². The van der Waals surface area contributed by atoms with Gasteiger partial charge in [0, 0.05) is 0 Å². The first-order valence-electron chi connectivity index (χ1n) is 4.73. The Hall–Kier alpha value is -1.06. The molecule has 1 aliphatic heterocycles. The van der Waals surface area contributed by atoms with E-state index in [1.54, 1.807) is 6.92 Å². The molecule has 0 N–H and O–H groups in total. The topological polar surface area (TPSA) is 47.9 Å². The zero-order valence-corrected chi connectivity index (χ0v) is 7.66. The number of carbonyl (C=O) groups excluding carboxylic acids is 1. The Kier molecular flexibility index (Phi) is 2.20. The van der Waals surface area contributed by atoms with Crippen LogP contribution in [0.3, 0.4) is 0 Å². The van der Waals surface area contributed by atoms with Crippen molar-refractivity contribution in [2.45, 2.75) is 32.3 Å². The van der Waals surface area contributed by atoms with Gasteiger partial charge >= 0.3 is 5.97 Å². The van der Waals surface area contributed by atoms with Crippen molar-refractivity contribution in [2.75, 3.05) is 6.61 Å². The molecule has 4 heteroatoms. The lowest BCUT2D eigenvalue weighted by Crippen LogP contribution is -2.26. The van der Waals surface area contributed by atoms with Gasteiger partial charge in [0.15, 0.2) is 5.71 Å². The van der Waals surface area contributed by atoms with E-state index in [2.05, 4.69) is 5.16 Å². The Morgan fingerprint density at radius 1 is 1.69 bits per heavy atom. The summed E-state index contributed by atoms with van der Waals surface area (Å²) in [6, 6.07) is 0. The molecule has 4 nitrogen and oxygen atoms in total. The van der Waals surface area contributed by atoms with E-state index in [0.29, 0.717) is 12.3 Å². The van der Waals surface area contributed by atoms with E-state index in [4.69, 9.17) is 9.57 Å². The minimum atomic E-state index is -0.308. The van der Waals surface area contributed by atoms with Crippen LogP contribution in [-0.2, 0) is 14.4 Å². The second-order valence-corrected chi connectivity index (χ2v) is 3.38.